The molecule has 3 rings (SSSR count). The molecule has 0 aromatic heterocycles. The van der Waals surface area contributed by atoms with Crippen LogP contribution in [0.2, 0.25) is 0 Å². The molecule has 1 saturated carbocycles. The molecule has 1 aliphatic heterocycles. The van der Waals surface area contributed by atoms with Crippen LogP contribution in [0, 0.1) is 5.92 Å². The van der Waals surface area contributed by atoms with E-state index >= 15 is 0 Å². The maximum atomic E-state index is 12.4. The zero-order valence-corrected chi connectivity index (χ0v) is 21.6. The fourth-order valence-electron chi connectivity index (χ4n) is 4.72. The summed E-state index contributed by atoms with van der Waals surface area (Å²) < 4.78 is 0. The van der Waals surface area contributed by atoms with Gasteiger partial charge in [0.25, 0.3) is 0 Å². The molecule has 0 spiro atoms. The lowest BCUT2D eigenvalue weighted by Crippen LogP contribution is -2.50. The van der Waals surface area contributed by atoms with Gasteiger partial charge in [-0.15, -0.1) is 24.0 Å². The van der Waals surface area contributed by atoms with E-state index in [0.717, 1.165) is 51.3 Å². The zero-order chi connectivity index (χ0) is 21.3. The average Bonchev–Trinajstić information content (AvgIpc) is 3.18. The second kappa shape index (κ2) is 13.3. The van der Waals surface area contributed by atoms with Gasteiger partial charge in [0.2, 0.25) is 5.91 Å². The smallest absolute Gasteiger partial charge is 0.223 e. The number of likely N-dealkylation sites (tertiary alicyclic amines) is 1. The number of benzene rings is 1. The van der Waals surface area contributed by atoms with Crippen molar-refractivity contribution in [1.29, 1.82) is 0 Å². The molecule has 1 aliphatic carbocycles. The number of rotatable bonds is 7. The number of hydrogen-bond acceptors (Lipinski definition) is 3. The number of hydrogen-bond donors (Lipinski definition) is 3. The quantitative estimate of drug-likeness (QED) is 0.281. The van der Waals surface area contributed by atoms with Crippen LogP contribution in [0.5, 0.6) is 0 Å². The molecular formula is C24H40IN5O. The molecule has 1 amide bonds. The van der Waals surface area contributed by atoms with Crippen molar-refractivity contribution in [2.45, 2.75) is 77.0 Å². The molecule has 1 saturated heterocycles. The van der Waals surface area contributed by atoms with Crippen molar-refractivity contribution in [3.63, 3.8) is 0 Å². The van der Waals surface area contributed by atoms with Crippen LogP contribution in [-0.2, 0) is 11.3 Å². The number of nitrogens with zero attached hydrogens (tertiary/aromatic N) is 2. The number of amides is 1. The summed E-state index contributed by atoms with van der Waals surface area (Å²) in [5.74, 6) is 1.16. The molecule has 2 aliphatic rings. The topological polar surface area (TPSA) is 68.8 Å². The van der Waals surface area contributed by atoms with Gasteiger partial charge in [-0.05, 0) is 58.1 Å². The zero-order valence-electron chi connectivity index (χ0n) is 19.3. The van der Waals surface area contributed by atoms with Gasteiger partial charge in [0.05, 0.1) is 0 Å². The van der Waals surface area contributed by atoms with Crippen molar-refractivity contribution < 1.29 is 4.79 Å². The van der Waals surface area contributed by atoms with E-state index in [4.69, 9.17) is 0 Å². The summed E-state index contributed by atoms with van der Waals surface area (Å²) in [6.07, 6.45) is 6.51. The second-order valence-corrected chi connectivity index (χ2v) is 9.07. The van der Waals surface area contributed by atoms with Gasteiger partial charge in [-0.25, -0.2) is 0 Å². The van der Waals surface area contributed by atoms with Crippen LogP contribution in [-0.4, -0.2) is 55.0 Å². The van der Waals surface area contributed by atoms with Crippen LogP contribution in [0.1, 0.15) is 57.9 Å². The molecule has 0 radical (unpaired) electrons. The molecule has 31 heavy (non-hydrogen) atoms. The van der Waals surface area contributed by atoms with Gasteiger partial charge in [-0.3, -0.25) is 14.7 Å². The number of halogens is 1. The predicted octanol–water partition coefficient (Wildman–Crippen LogP) is 3.52. The van der Waals surface area contributed by atoms with Crippen molar-refractivity contribution in [3.8, 4) is 0 Å². The van der Waals surface area contributed by atoms with Crippen LogP contribution >= 0.6 is 24.0 Å². The summed E-state index contributed by atoms with van der Waals surface area (Å²) in [6, 6.07) is 11.7. The Balaban J connectivity index is 0.00000341. The van der Waals surface area contributed by atoms with E-state index in [2.05, 4.69) is 56.2 Å². The van der Waals surface area contributed by atoms with E-state index < -0.39 is 0 Å². The first kappa shape index (κ1) is 25.9. The van der Waals surface area contributed by atoms with Crippen LogP contribution in [0.15, 0.2) is 35.3 Å². The van der Waals surface area contributed by atoms with Gasteiger partial charge in [0, 0.05) is 44.2 Å². The Morgan fingerprint density at radius 1 is 1.16 bits per heavy atom. The molecule has 2 fully saturated rings. The Morgan fingerprint density at radius 3 is 2.65 bits per heavy atom. The van der Waals surface area contributed by atoms with Gasteiger partial charge in [-0.1, -0.05) is 36.8 Å². The summed E-state index contributed by atoms with van der Waals surface area (Å²) in [5.41, 5.74) is 1.37. The number of carbonyl (C=O) groups is 1. The minimum atomic E-state index is 0. The average molecular weight is 542 g/mol. The lowest BCUT2D eigenvalue weighted by atomic mass is 9.85. The van der Waals surface area contributed by atoms with E-state index in [0.29, 0.717) is 12.1 Å². The third-order valence-corrected chi connectivity index (χ3v) is 6.27. The summed E-state index contributed by atoms with van der Waals surface area (Å²) in [4.78, 5) is 19.4. The minimum Gasteiger partial charge on any atom is -0.355 e. The Morgan fingerprint density at radius 2 is 1.94 bits per heavy atom. The highest BCUT2D eigenvalue weighted by molar-refractivity contribution is 14.0. The number of guanidine groups is 1. The van der Waals surface area contributed by atoms with Crippen LogP contribution < -0.4 is 16.0 Å². The Kier molecular flexibility index (Phi) is 11.1. The van der Waals surface area contributed by atoms with Crippen LogP contribution in [0.4, 0.5) is 0 Å². The van der Waals surface area contributed by atoms with Crippen molar-refractivity contribution in [1.82, 2.24) is 20.9 Å². The summed E-state index contributed by atoms with van der Waals surface area (Å²) in [5, 5.41) is 10.2. The normalized spacial score (nSPS) is 24.5. The maximum absolute atomic E-state index is 12.4. The minimum absolute atomic E-state index is 0. The molecule has 3 atom stereocenters. The van der Waals surface area contributed by atoms with E-state index in [1.807, 2.05) is 20.9 Å². The highest BCUT2D eigenvalue weighted by atomic mass is 127. The summed E-state index contributed by atoms with van der Waals surface area (Å²) in [7, 11) is 1.83. The first-order valence-corrected chi connectivity index (χ1v) is 11.6. The molecule has 1 aromatic rings. The molecule has 1 heterocycles. The SMILES string of the molecule is CN=C(NCC1CCCN1Cc1ccccc1)NC1CCCC(C(=O)NC(C)C)C1.I. The Labute approximate surface area is 205 Å². The molecule has 1 aromatic carbocycles. The number of nitrogens with one attached hydrogen (secondary N) is 3. The molecule has 3 N–H and O–H groups in total. The maximum Gasteiger partial charge on any atom is 0.223 e. The Bertz CT molecular complexity index is 696. The third kappa shape index (κ3) is 8.25. The molecule has 0 bridgehead atoms. The molecule has 6 nitrogen and oxygen atoms in total. The standard InChI is InChI=1S/C24H39N5O.HI/c1-18(2)27-23(30)20-11-7-12-21(15-20)28-24(25-3)26-16-22-13-8-14-29(22)17-19-9-5-4-6-10-19;/h4-6,9-10,18,20-22H,7-8,11-17H2,1-3H3,(H,27,30)(H2,25,26,28);1H. The van der Waals surface area contributed by atoms with Crippen molar-refractivity contribution in [3.05, 3.63) is 35.9 Å². The van der Waals surface area contributed by atoms with E-state index in [-0.39, 0.29) is 41.8 Å². The monoisotopic (exact) mass is 541 g/mol. The second-order valence-electron chi connectivity index (χ2n) is 9.07. The fraction of sp³-hybridized carbons (Fsp3) is 0.667. The first-order chi connectivity index (χ1) is 14.5. The van der Waals surface area contributed by atoms with Gasteiger partial charge >= 0.3 is 0 Å². The van der Waals surface area contributed by atoms with Gasteiger partial charge in [0.15, 0.2) is 5.96 Å². The van der Waals surface area contributed by atoms with Crippen LogP contribution in [0.25, 0.3) is 0 Å². The predicted molar refractivity (Wildman–Crippen MR) is 139 cm³/mol. The molecular weight excluding hydrogens is 501 g/mol. The fourth-order valence-corrected chi connectivity index (χ4v) is 4.72. The van der Waals surface area contributed by atoms with Gasteiger partial charge in [0.1, 0.15) is 0 Å². The van der Waals surface area contributed by atoms with Gasteiger partial charge < -0.3 is 16.0 Å². The summed E-state index contributed by atoms with van der Waals surface area (Å²) in [6.45, 7) is 7.10. The third-order valence-electron chi connectivity index (χ3n) is 6.27. The van der Waals surface area contributed by atoms with Crippen molar-refractivity contribution in [2.24, 2.45) is 10.9 Å². The van der Waals surface area contributed by atoms with E-state index in [1.54, 1.807) is 0 Å². The largest absolute Gasteiger partial charge is 0.355 e. The Hall–Kier alpha value is -1.35. The van der Waals surface area contributed by atoms with Crippen molar-refractivity contribution in [2.75, 3.05) is 20.1 Å². The number of aliphatic imine (C=N–C) groups is 1. The van der Waals surface area contributed by atoms with E-state index in [1.165, 1.54) is 18.4 Å². The lowest BCUT2D eigenvalue weighted by Gasteiger charge is -2.31. The highest BCUT2D eigenvalue weighted by Gasteiger charge is 2.29. The molecule has 3 unspecified atom stereocenters. The van der Waals surface area contributed by atoms with Crippen LogP contribution in [0.3, 0.4) is 0 Å². The van der Waals surface area contributed by atoms with Gasteiger partial charge in [-0.2, -0.15) is 0 Å². The highest BCUT2D eigenvalue weighted by Crippen LogP contribution is 2.25. The van der Waals surface area contributed by atoms with E-state index in [9.17, 15) is 4.79 Å². The van der Waals surface area contributed by atoms with Crippen molar-refractivity contribution >= 4 is 35.8 Å². The summed E-state index contributed by atoms with van der Waals surface area (Å²) >= 11 is 0. The number of carbonyl (C=O) groups excluding carboxylic acids is 1. The molecule has 174 valence electrons. The molecule has 7 heteroatoms. The first-order valence-electron chi connectivity index (χ1n) is 11.6. The lowest BCUT2D eigenvalue weighted by molar-refractivity contribution is -0.126.